The zero-order valence-corrected chi connectivity index (χ0v) is 10.5. The predicted molar refractivity (Wildman–Crippen MR) is 66.7 cm³/mol. The molecule has 2 N–H and O–H groups in total. The summed E-state index contributed by atoms with van der Waals surface area (Å²) in [6.07, 6.45) is 0.867. The highest BCUT2D eigenvalue weighted by atomic mass is 35.5. The second-order valence-electron chi connectivity index (χ2n) is 3.88. The third-order valence-corrected chi connectivity index (χ3v) is 2.81. The molecule has 1 rings (SSSR count). The SMILES string of the molecule is CCC(C)[C@@H](N)c1ccc(F)c([N+](=O)[O-])c1.Cl. The van der Waals surface area contributed by atoms with E-state index >= 15 is 0 Å². The summed E-state index contributed by atoms with van der Waals surface area (Å²) >= 11 is 0. The molecule has 6 heteroatoms. The van der Waals surface area contributed by atoms with Crippen LogP contribution in [0.2, 0.25) is 0 Å². The lowest BCUT2D eigenvalue weighted by Crippen LogP contribution is -2.18. The number of hydrogen-bond acceptors (Lipinski definition) is 3. The first-order valence-electron chi connectivity index (χ1n) is 5.16. The van der Waals surface area contributed by atoms with Crippen LogP contribution >= 0.6 is 12.4 Å². The Bertz CT molecular complexity index is 401. The van der Waals surface area contributed by atoms with Crippen molar-refractivity contribution in [1.82, 2.24) is 0 Å². The number of hydrogen-bond donors (Lipinski definition) is 1. The molecule has 17 heavy (non-hydrogen) atoms. The number of benzene rings is 1. The zero-order chi connectivity index (χ0) is 12.3. The van der Waals surface area contributed by atoms with Crippen LogP contribution in [0.15, 0.2) is 18.2 Å². The van der Waals surface area contributed by atoms with Crippen LogP contribution in [0.3, 0.4) is 0 Å². The van der Waals surface area contributed by atoms with Crippen LogP contribution in [-0.2, 0) is 0 Å². The van der Waals surface area contributed by atoms with Gasteiger partial charge in [0.05, 0.1) is 4.92 Å². The van der Waals surface area contributed by atoms with Crippen LogP contribution in [0, 0.1) is 21.8 Å². The van der Waals surface area contributed by atoms with E-state index in [0.29, 0.717) is 5.56 Å². The second-order valence-corrected chi connectivity index (χ2v) is 3.88. The monoisotopic (exact) mass is 262 g/mol. The van der Waals surface area contributed by atoms with Crippen molar-refractivity contribution in [2.45, 2.75) is 26.3 Å². The third kappa shape index (κ3) is 3.64. The standard InChI is InChI=1S/C11H15FN2O2.ClH/c1-3-7(2)11(13)8-4-5-9(12)10(6-8)14(15)16;/h4-7,11H,3,13H2,1-2H3;1H/t7?,11-;/m1./s1. The van der Waals surface area contributed by atoms with E-state index in [1.54, 1.807) is 0 Å². The van der Waals surface area contributed by atoms with E-state index in [4.69, 9.17) is 5.73 Å². The minimum Gasteiger partial charge on any atom is -0.324 e. The van der Waals surface area contributed by atoms with Gasteiger partial charge in [0.25, 0.3) is 0 Å². The van der Waals surface area contributed by atoms with Crippen molar-refractivity contribution in [3.05, 3.63) is 39.7 Å². The normalized spacial score (nSPS) is 13.6. The lowest BCUT2D eigenvalue weighted by atomic mass is 9.93. The van der Waals surface area contributed by atoms with Crippen LogP contribution < -0.4 is 5.73 Å². The summed E-state index contributed by atoms with van der Waals surface area (Å²) in [4.78, 5) is 9.83. The minimum atomic E-state index is -0.829. The Balaban J connectivity index is 0.00000256. The molecule has 1 aromatic carbocycles. The fraction of sp³-hybridized carbons (Fsp3) is 0.455. The number of nitrogens with two attached hydrogens (primary N) is 1. The van der Waals surface area contributed by atoms with E-state index in [-0.39, 0.29) is 24.4 Å². The fourth-order valence-corrected chi connectivity index (χ4v) is 1.46. The largest absolute Gasteiger partial charge is 0.324 e. The van der Waals surface area contributed by atoms with Gasteiger partial charge >= 0.3 is 5.69 Å². The fourth-order valence-electron chi connectivity index (χ4n) is 1.46. The second kappa shape index (κ2) is 6.51. The number of nitrogens with zero attached hydrogens (tertiary/aromatic N) is 1. The molecule has 0 aliphatic rings. The molecule has 0 aliphatic heterocycles. The topological polar surface area (TPSA) is 69.2 Å². The molecule has 0 aromatic heterocycles. The maximum Gasteiger partial charge on any atom is 0.305 e. The molecule has 0 fully saturated rings. The average molecular weight is 263 g/mol. The van der Waals surface area contributed by atoms with Gasteiger partial charge in [-0.05, 0) is 17.5 Å². The van der Waals surface area contributed by atoms with Crippen LogP contribution in [-0.4, -0.2) is 4.92 Å². The molecule has 0 aliphatic carbocycles. The van der Waals surface area contributed by atoms with Crippen molar-refractivity contribution in [1.29, 1.82) is 0 Å². The van der Waals surface area contributed by atoms with Gasteiger partial charge in [-0.2, -0.15) is 4.39 Å². The Morgan fingerprint density at radius 2 is 2.12 bits per heavy atom. The Kier molecular flexibility index (Phi) is 6.05. The number of rotatable bonds is 4. The van der Waals surface area contributed by atoms with E-state index < -0.39 is 16.4 Å². The van der Waals surface area contributed by atoms with E-state index in [1.807, 2.05) is 13.8 Å². The molecular formula is C11H16ClFN2O2. The number of halogens is 2. The molecule has 0 spiro atoms. The summed E-state index contributed by atoms with van der Waals surface area (Å²) < 4.78 is 13.1. The van der Waals surface area contributed by atoms with Gasteiger partial charge in [0.15, 0.2) is 0 Å². The predicted octanol–water partition coefficient (Wildman–Crippen LogP) is 3.20. The summed E-state index contributed by atoms with van der Waals surface area (Å²) in [7, 11) is 0. The smallest absolute Gasteiger partial charge is 0.305 e. The van der Waals surface area contributed by atoms with Gasteiger partial charge in [0.1, 0.15) is 0 Å². The first-order valence-corrected chi connectivity index (χ1v) is 5.16. The van der Waals surface area contributed by atoms with Gasteiger partial charge in [0.2, 0.25) is 5.82 Å². The molecule has 0 bridgehead atoms. The molecule has 4 nitrogen and oxygen atoms in total. The van der Waals surface area contributed by atoms with Crippen molar-refractivity contribution in [2.75, 3.05) is 0 Å². The van der Waals surface area contributed by atoms with Crippen molar-refractivity contribution < 1.29 is 9.31 Å². The minimum absolute atomic E-state index is 0. The van der Waals surface area contributed by atoms with Crippen LogP contribution in [0.4, 0.5) is 10.1 Å². The van der Waals surface area contributed by atoms with E-state index in [1.165, 1.54) is 12.1 Å². The Labute approximate surface area is 106 Å². The van der Waals surface area contributed by atoms with Crippen LogP contribution in [0.1, 0.15) is 31.9 Å². The highest BCUT2D eigenvalue weighted by molar-refractivity contribution is 5.85. The lowest BCUT2D eigenvalue weighted by Gasteiger charge is -2.18. The molecule has 0 saturated heterocycles. The quantitative estimate of drug-likeness (QED) is 0.669. The van der Waals surface area contributed by atoms with Crippen molar-refractivity contribution >= 4 is 18.1 Å². The first kappa shape index (κ1) is 15.8. The van der Waals surface area contributed by atoms with Gasteiger partial charge in [-0.15, -0.1) is 12.4 Å². The van der Waals surface area contributed by atoms with Crippen molar-refractivity contribution in [3.63, 3.8) is 0 Å². The molecule has 1 unspecified atom stereocenters. The van der Waals surface area contributed by atoms with Gasteiger partial charge in [-0.3, -0.25) is 10.1 Å². The van der Waals surface area contributed by atoms with Gasteiger partial charge < -0.3 is 5.73 Å². The summed E-state index contributed by atoms with van der Waals surface area (Å²) in [5, 5.41) is 10.6. The van der Waals surface area contributed by atoms with Crippen LogP contribution in [0.5, 0.6) is 0 Å². The summed E-state index contributed by atoms with van der Waals surface area (Å²) in [6, 6.07) is 3.50. The van der Waals surface area contributed by atoms with Crippen LogP contribution in [0.25, 0.3) is 0 Å². The number of nitro benzene ring substituents is 1. The average Bonchev–Trinajstić information content (AvgIpc) is 2.27. The zero-order valence-electron chi connectivity index (χ0n) is 9.72. The van der Waals surface area contributed by atoms with Gasteiger partial charge in [-0.25, -0.2) is 0 Å². The maximum absolute atomic E-state index is 13.1. The lowest BCUT2D eigenvalue weighted by molar-refractivity contribution is -0.387. The Morgan fingerprint density at radius 3 is 2.59 bits per heavy atom. The van der Waals surface area contributed by atoms with E-state index in [0.717, 1.165) is 12.5 Å². The molecule has 0 amide bonds. The summed E-state index contributed by atoms with van der Waals surface area (Å²) in [5.74, 6) is -0.629. The van der Waals surface area contributed by atoms with E-state index in [9.17, 15) is 14.5 Å². The van der Waals surface area contributed by atoms with E-state index in [2.05, 4.69) is 0 Å². The third-order valence-electron chi connectivity index (χ3n) is 2.81. The molecule has 0 heterocycles. The molecule has 1 aromatic rings. The Hall–Kier alpha value is -1.20. The molecule has 0 saturated carbocycles. The summed E-state index contributed by atoms with van der Waals surface area (Å²) in [6.45, 7) is 3.95. The number of nitro groups is 1. The van der Waals surface area contributed by atoms with Crippen molar-refractivity contribution in [2.24, 2.45) is 11.7 Å². The van der Waals surface area contributed by atoms with Gasteiger partial charge in [0, 0.05) is 12.1 Å². The Morgan fingerprint density at radius 1 is 1.53 bits per heavy atom. The molecule has 2 atom stereocenters. The molecular weight excluding hydrogens is 247 g/mol. The first-order chi connectivity index (χ1) is 7.47. The highest BCUT2D eigenvalue weighted by Gasteiger charge is 2.19. The van der Waals surface area contributed by atoms with Gasteiger partial charge in [-0.1, -0.05) is 26.3 Å². The molecule has 96 valence electrons. The van der Waals surface area contributed by atoms with Crippen molar-refractivity contribution in [3.8, 4) is 0 Å². The molecule has 0 radical (unpaired) electrons. The highest BCUT2D eigenvalue weighted by Crippen LogP contribution is 2.26. The maximum atomic E-state index is 13.1. The summed E-state index contributed by atoms with van der Waals surface area (Å²) in [5.41, 5.74) is 6.01.